The summed E-state index contributed by atoms with van der Waals surface area (Å²) < 4.78 is 12.5. The lowest BCUT2D eigenvalue weighted by atomic mass is 9.70. The Labute approximate surface area is 254 Å². The second-order valence-corrected chi connectivity index (χ2v) is 11.6. The van der Waals surface area contributed by atoms with Crippen molar-refractivity contribution in [3.05, 3.63) is 61.2 Å². The summed E-state index contributed by atoms with van der Waals surface area (Å²) in [4.78, 5) is 57.4. The van der Waals surface area contributed by atoms with Gasteiger partial charge in [0.05, 0.1) is 31.1 Å². The Balaban J connectivity index is 1.59. The SMILES string of the molecule is C=CCCC(=O)NC[C@H](OC(=O)[C@@H]1[C@H]2C(=O)N(CCO)[C@H](C(=O)N(CC=C)CCCCC)[C@]23CC[C@H]1O3)c1ccccc1. The number of carbonyl (C=O) groups excluding carboxylic acids is 4. The Bertz CT molecular complexity index is 1170. The van der Waals surface area contributed by atoms with Gasteiger partial charge in [0.25, 0.3) is 0 Å². The van der Waals surface area contributed by atoms with Crippen LogP contribution in [0.15, 0.2) is 55.6 Å². The van der Waals surface area contributed by atoms with E-state index in [2.05, 4.69) is 25.4 Å². The molecule has 0 saturated carbocycles. The van der Waals surface area contributed by atoms with Crippen LogP contribution in [0, 0.1) is 11.8 Å². The summed E-state index contributed by atoms with van der Waals surface area (Å²) in [5, 5.41) is 12.7. The third kappa shape index (κ3) is 6.70. The van der Waals surface area contributed by atoms with Crippen LogP contribution in [0.25, 0.3) is 0 Å². The van der Waals surface area contributed by atoms with E-state index in [1.165, 1.54) is 4.90 Å². The number of unbranched alkanes of at least 4 members (excludes halogenated alkanes) is 2. The number of rotatable bonds is 17. The highest BCUT2D eigenvalue weighted by molar-refractivity contribution is 5.98. The van der Waals surface area contributed by atoms with Gasteiger partial charge in [-0.3, -0.25) is 19.2 Å². The van der Waals surface area contributed by atoms with E-state index in [1.807, 2.05) is 30.3 Å². The topological polar surface area (TPSA) is 125 Å². The predicted octanol–water partition coefficient (Wildman–Crippen LogP) is 2.93. The van der Waals surface area contributed by atoms with Crippen molar-refractivity contribution < 1.29 is 33.8 Å². The van der Waals surface area contributed by atoms with Gasteiger partial charge in [-0.25, -0.2) is 0 Å². The van der Waals surface area contributed by atoms with E-state index < -0.39 is 41.7 Å². The lowest BCUT2D eigenvalue weighted by Gasteiger charge is -2.36. The third-order valence-electron chi connectivity index (χ3n) is 8.83. The molecule has 10 nitrogen and oxygen atoms in total. The fraction of sp³-hybridized carbons (Fsp3) is 0.576. The van der Waals surface area contributed by atoms with Gasteiger partial charge in [0.1, 0.15) is 17.7 Å². The second-order valence-electron chi connectivity index (χ2n) is 11.6. The van der Waals surface area contributed by atoms with Gasteiger partial charge in [-0.15, -0.1) is 13.2 Å². The summed E-state index contributed by atoms with van der Waals surface area (Å²) in [6.07, 6.45) is 6.52. The molecule has 3 heterocycles. The number of nitrogens with one attached hydrogen (secondary N) is 1. The number of ether oxygens (including phenoxy) is 2. The normalized spacial score (nSPS) is 26.1. The van der Waals surface area contributed by atoms with E-state index >= 15 is 0 Å². The molecule has 43 heavy (non-hydrogen) atoms. The van der Waals surface area contributed by atoms with Crippen LogP contribution in [0.3, 0.4) is 0 Å². The molecule has 0 aliphatic carbocycles. The quantitative estimate of drug-likeness (QED) is 0.161. The van der Waals surface area contributed by atoms with Gasteiger partial charge < -0.3 is 29.7 Å². The molecule has 3 aliphatic rings. The number of esters is 1. The molecule has 234 valence electrons. The summed E-state index contributed by atoms with van der Waals surface area (Å²) in [7, 11) is 0. The minimum Gasteiger partial charge on any atom is -0.455 e. The molecule has 3 aliphatic heterocycles. The number of carbonyl (C=O) groups is 4. The number of aliphatic hydroxyl groups excluding tert-OH is 1. The van der Waals surface area contributed by atoms with E-state index in [0.29, 0.717) is 37.9 Å². The molecule has 2 bridgehead atoms. The second kappa shape index (κ2) is 14.8. The van der Waals surface area contributed by atoms with Crippen LogP contribution in [0.2, 0.25) is 0 Å². The Morgan fingerprint density at radius 1 is 1.23 bits per heavy atom. The van der Waals surface area contributed by atoms with Crippen molar-refractivity contribution >= 4 is 23.7 Å². The minimum absolute atomic E-state index is 0.0381. The Kier molecular flexibility index (Phi) is 11.2. The number of benzene rings is 1. The number of fused-ring (bicyclic) bond motifs is 1. The average Bonchev–Trinajstić information content (AvgIpc) is 3.65. The Hall–Kier alpha value is -3.50. The highest BCUT2D eigenvalue weighted by Crippen LogP contribution is 2.59. The molecule has 2 N–H and O–H groups in total. The number of amides is 3. The first kappa shape index (κ1) is 32.4. The standard InChI is InChI=1S/C33H45N3O7/c1-4-7-12-19-35(18-6-3)31(40)29-33-17-16-24(43-33)27(28(33)30(39)36(29)20-21-37)32(41)42-25(23-13-10-9-11-14-23)22-34-26(38)15-8-5-2/h5-6,9-11,13-14,24-25,27-29,37H,2-4,7-8,12,15-22H2,1H3,(H,34,38)/t24-,25+,27+,28+,29-,33+/m1/s1. The average molecular weight is 596 g/mol. The van der Waals surface area contributed by atoms with Crippen LogP contribution >= 0.6 is 0 Å². The first-order chi connectivity index (χ1) is 20.8. The molecule has 0 radical (unpaired) electrons. The van der Waals surface area contributed by atoms with E-state index in [0.717, 1.165) is 19.3 Å². The Morgan fingerprint density at radius 3 is 2.67 bits per heavy atom. The predicted molar refractivity (Wildman–Crippen MR) is 160 cm³/mol. The monoisotopic (exact) mass is 595 g/mol. The van der Waals surface area contributed by atoms with Crippen molar-refractivity contribution in [3.63, 3.8) is 0 Å². The molecule has 1 aromatic rings. The van der Waals surface area contributed by atoms with Crippen LogP contribution in [0.1, 0.15) is 63.5 Å². The molecule has 4 rings (SSSR count). The number of β-amino-alcohol motifs (C(OH)–C–C–N with tert-alkyl or cyclic N) is 1. The van der Waals surface area contributed by atoms with Gasteiger partial charge in [0, 0.05) is 26.1 Å². The van der Waals surface area contributed by atoms with Gasteiger partial charge >= 0.3 is 5.97 Å². The number of aliphatic hydroxyl groups is 1. The van der Waals surface area contributed by atoms with Crippen LogP contribution in [0.5, 0.6) is 0 Å². The Morgan fingerprint density at radius 2 is 2.00 bits per heavy atom. The molecule has 10 heteroatoms. The first-order valence-corrected chi connectivity index (χ1v) is 15.4. The van der Waals surface area contributed by atoms with Gasteiger partial charge in [-0.05, 0) is 31.2 Å². The minimum atomic E-state index is -1.18. The summed E-state index contributed by atoms with van der Waals surface area (Å²) in [6.45, 7) is 10.1. The molecule has 3 saturated heterocycles. The highest BCUT2D eigenvalue weighted by atomic mass is 16.6. The zero-order valence-corrected chi connectivity index (χ0v) is 25.1. The molecule has 3 fully saturated rings. The van der Waals surface area contributed by atoms with Crippen LogP contribution in [0.4, 0.5) is 0 Å². The van der Waals surface area contributed by atoms with Crippen molar-refractivity contribution in [1.29, 1.82) is 0 Å². The molecule has 0 unspecified atom stereocenters. The summed E-state index contributed by atoms with van der Waals surface area (Å²) in [5.41, 5.74) is -0.471. The van der Waals surface area contributed by atoms with Crippen molar-refractivity contribution in [2.24, 2.45) is 11.8 Å². The number of allylic oxidation sites excluding steroid dienone is 1. The van der Waals surface area contributed by atoms with Crippen molar-refractivity contribution in [3.8, 4) is 0 Å². The van der Waals surface area contributed by atoms with Gasteiger partial charge in [0.15, 0.2) is 0 Å². The molecule has 6 atom stereocenters. The first-order valence-electron chi connectivity index (χ1n) is 15.4. The highest BCUT2D eigenvalue weighted by Gasteiger charge is 2.75. The number of hydrogen-bond acceptors (Lipinski definition) is 7. The maximum Gasteiger partial charge on any atom is 0.313 e. The molecule has 1 spiro atoms. The van der Waals surface area contributed by atoms with Gasteiger partial charge in [-0.1, -0.05) is 62.2 Å². The van der Waals surface area contributed by atoms with Crippen LogP contribution in [-0.4, -0.2) is 89.1 Å². The fourth-order valence-electron chi connectivity index (χ4n) is 6.86. The largest absolute Gasteiger partial charge is 0.455 e. The van der Waals surface area contributed by atoms with Crippen molar-refractivity contribution in [1.82, 2.24) is 15.1 Å². The van der Waals surface area contributed by atoms with Gasteiger partial charge in [0.2, 0.25) is 17.7 Å². The number of nitrogens with zero attached hydrogens (tertiary/aromatic N) is 2. The van der Waals surface area contributed by atoms with Crippen LogP contribution in [-0.2, 0) is 28.7 Å². The zero-order chi connectivity index (χ0) is 31.0. The van der Waals surface area contributed by atoms with E-state index in [4.69, 9.17) is 9.47 Å². The maximum absolute atomic E-state index is 14.1. The van der Waals surface area contributed by atoms with Gasteiger partial charge in [-0.2, -0.15) is 0 Å². The number of likely N-dealkylation sites (tertiary alicyclic amines) is 1. The zero-order valence-electron chi connectivity index (χ0n) is 25.1. The molecule has 0 aromatic heterocycles. The molecule has 3 amide bonds. The molecular weight excluding hydrogens is 550 g/mol. The number of hydrogen-bond donors (Lipinski definition) is 2. The third-order valence-corrected chi connectivity index (χ3v) is 8.83. The summed E-state index contributed by atoms with van der Waals surface area (Å²) in [6, 6.07) is 8.18. The summed E-state index contributed by atoms with van der Waals surface area (Å²) in [5.74, 6) is -3.22. The lowest BCUT2D eigenvalue weighted by molar-refractivity contribution is -0.160. The molecule has 1 aromatic carbocycles. The van der Waals surface area contributed by atoms with Crippen molar-refractivity contribution in [2.45, 2.75) is 75.7 Å². The molecular formula is C33H45N3O7. The van der Waals surface area contributed by atoms with E-state index in [-0.39, 0.29) is 43.8 Å². The maximum atomic E-state index is 14.1. The summed E-state index contributed by atoms with van der Waals surface area (Å²) >= 11 is 0. The van der Waals surface area contributed by atoms with E-state index in [1.54, 1.807) is 17.1 Å². The fourth-order valence-corrected chi connectivity index (χ4v) is 6.86. The lowest BCUT2D eigenvalue weighted by Crippen LogP contribution is -2.56. The van der Waals surface area contributed by atoms with Crippen LogP contribution < -0.4 is 5.32 Å². The van der Waals surface area contributed by atoms with E-state index in [9.17, 15) is 24.3 Å². The smallest absolute Gasteiger partial charge is 0.313 e. The van der Waals surface area contributed by atoms with Crippen molar-refractivity contribution in [2.75, 3.05) is 32.8 Å².